The highest BCUT2D eigenvalue weighted by Gasteiger charge is 2.34. The van der Waals surface area contributed by atoms with Crippen LogP contribution >= 0.6 is 0 Å². The Morgan fingerprint density at radius 2 is 2.00 bits per heavy atom. The third kappa shape index (κ3) is 4.60. The van der Waals surface area contributed by atoms with Crippen LogP contribution in [0.25, 0.3) is 17.2 Å². The number of fused-ring (bicyclic) bond motifs is 3. The van der Waals surface area contributed by atoms with Crippen LogP contribution in [0.2, 0.25) is 0 Å². The molecule has 0 radical (unpaired) electrons. The Bertz CT molecular complexity index is 1260. The van der Waals surface area contributed by atoms with E-state index in [2.05, 4.69) is 32.4 Å². The third-order valence-electron chi connectivity index (χ3n) is 7.33. The van der Waals surface area contributed by atoms with Crippen molar-refractivity contribution in [3.8, 4) is 23.0 Å². The number of hydrogen-bond donors (Lipinski definition) is 1. The van der Waals surface area contributed by atoms with Gasteiger partial charge < -0.3 is 14.8 Å². The van der Waals surface area contributed by atoms with E-state index in [9.17, 15) is 4.79 Å². The van der Waals surface area contributed by atoms with Crippen LogP contribution in [0.5, 0.6) is 5.75 Å². The second-order valence-corrected chi connectivity index (χ2v) is 9.76. The lowest BCUT2D eigenvalue weighted by Gasteiger charge is -2.26. The van der Waals surface area contributed by atoms with Crippen LogP contribution in [0.3, 0.4) is 0 Å². The number of rotatable bonds is 8. The molecule has 2 fully saturated rings. The zero-order valence-electron chi connectivity index (χ0n) is 20.7. The molecule has 1 aromatic carbocycles. The second kappa shape index (κ2) is 9.99. The van der Waals surface area contributed by atoms with Crippen molar-refractivity contribution in [3.63, 3.8) is 0 Å². The number of methoxy groups -OCH3 is 1. The van der Waals surface area contributed by atoms with Gasteiger partial charge in [0.25, 0.3) is 11.9 Å². The number of carbonyl (C=O) groups excluding carboxylic acids is 1. The Morgan fingerprint density at radius 3 is 2.81 bits per heavy atom. The molecule has 3 heterocycles. The SMILES string of the molecule is COc1ccc2c(c1)CCc1cnc(-n3ncc(C(=O)NCCCN4CCOCC4)c3C3CC3)nc1-2. The van der Waals surface area contributed by atoms with E-state index in [-0.39, 0.29) is 5.91 Å². The number of morpholine rings is 1. The molecule has 3 aromatic rings. The monoisotopic (exact) mass is 488 g/mol. The van der Waals surface area contributed by atoms with E-state index in [4.69, 9.17) is 14.5 Å². The maximum absolute atomic E-state index is 13.1. The van der Waals surface area contributed by atoms with Crippen molar-refractivity contribution in [2.75, 3.05) is 46.5 Å². The van der Waals surface area contributed by atoms with Crippen LogP contribution in [0.15, 0.2) is 30.6 Å². The highest BCUT2D eigenvalue weighted by atomic mass is 16.5. The minimum atomic E-state index is -0.0690. The number of ether oxygens (including phenoxy) is 2. The van der Waals surface area contributed by atoms with E-state index in [0.717, 1.165) is 93.2 Å². The van der Waals surface area contributed by atoms with Crippen molar-refractivity contribution in [3.05, 3.63) is 53.0 Å². The zero-order valence-corrected chi connectivity index (χ0v) is 20.7. The Hall–Kier alpha value is -3.30. The van der Waals surface area contributed by atoms with Gasteiger partial charge in [-0.3, -0.25) is 9.69 Å². The van der Waals surface area contributed by atoms with Gasteiger partial charge in [-0.05, 0) is 68.0 Å². The fourth-order valence-electron chi connectivity index (χ4n) is 5.19. The average Bonchev–Trinajstić information content (AvgIpc) is 3.68. The highest BCUT2D eigenvalue weighted by Crippen LogP contribution is 2.42. The van der Waals surface area contributed by atoms with E-state index in [1.807, 2.05) is 12.3 Å². The van der Waals surface area contributed by atoms with Crippen LogP contribution in [-0.4, -0.2) is 77.1 Å². The van der Waals surface area contributed by atoms with E-state index in [0.29, 0.717) is 24.0 Å². The van der Waals surface area contributed by atoms with E-state index in [1.165, 1.54) is 5.56 Å². The molecule has 0 atom stereocenters. The molecule has 1 amide bonds. The average molecular weight is 489 g/mol. The lowest BCUT2D eigenvalue weighted by atomic mass is 9.90. The largest absolute Gasteiger partial charge is 0.497 e. The summed E-state index contributed by atoms with van der Waals surface area (Å²) in [4.78, 5) is 25.1. The number of nitrogens with one attached hydrogen (secondary N) is 1. The second-order valence-electron chi connectivity index (χ2n) is 9.76. The molecule has 0 unspecified atom stereocenters. The van der Waals surface area contributed by atoms with Crippen LogP contribution in [0, 0.1) is 0 Å². The summed E-state index contributed by atoms with van der Waals surface area (Å²) in [6.45, 7) is 5.12. The standard InChI is InChI=1S/C27H32N6O3/c1-35-21-7-8-22-19(15-21)5-6-20-16-29-27(31-24(20)22)33-25(18-3-4-18)23(17-30-33)26(34)28-9-2-10-32-11-13-36-14-12-32/h7-8,15-18H,2-6,9-14H2,1H3,(H,28,34). The smallest absolute Gasteiger partial charge is 0.254 e. The molecule has 1 saturated carbocycles. The maximum Gasteiger partial charge on any atom is 0.254 e. The van der Waals surface area contributed by atoms with Gasteiger partial charge in [0.15, 0.2) is 0 Å². The summed E-state index contributed by atoms with van der Waals surface area (Å²) in [5.74, 6) is 1.62. The molecule has 188 valence electrons. The first kappa shape index (κ1) is 23.1. The van der Waals surface area contributed by atoms with Crippen molar-refractivity contribution in [2.24, 2.45) is 0 Å². The van der Waals surface area contributed by atoms with Crippen molar-refractivity contribution in [1.29, 1.82) is 0 Å². The van der Waals surface area contributed by atoms with Crippen LogP contribution in [0.4, 0.5) is 0 Å². The summed E-state index contributed by atoms with van der Waals surface area (Å²) in [6.07, 6.45) is 8.43. The number of hydrogen-bond acceptors (Lipinski definition) is 7. The Kier molecular flexibility index (Phi) is 6.41. The third-order valence-corrected chi connectivity index (χ3v) is 7.33. The van der Waals surface area contributed by atoms with Crippen LogP contribution in [-0.2, 0) is 17.6 Å². The topological polar surface area (TPSA) is 94.4 Å². The number of aromatic nitrogens is 4. The predicted octanol–water partition coefficient (Wildman–Crippen LogP) is 2.77. The van der Waals surface area contributed by atoms with Gasteiger partial charge in [-0.2, -0.15) is 5.10 Å². The number of benzene rings is 1. The Balaban J connectivity index is 1.21. The van der Waals surface area contributed by atoms with Gasteiger partial charge in [0, 0.05) is 37.3 Å². The first-order valence-corrected chi connectivity index (χ1v) is 12.9. The van der Waals surface area contributed by atoms with E-state index in [1.54, 1.807) is 18.0 Å². The minimum absolute atomic E-state index is 0.0690. The predicted molar refractivity (Wildman–Crippen MR) is 135 cm³/mol. The molecule has 1 N–H and O–H groups in total. The lowest BCUT2D eigenvalue weighted by molar-refractivity contribution is 0.0374. The summed E-state index contributed by atoms with van der Waals surface area (Å²) in [5.41, 5.74) is 5.97. The summed E-state index contributed by atoms with van der Waals surface area (Å²) in [6, 6.07) is 6.13. The summed E-state index contributed by atoms with van der Waals surface area (Å²) in [5, 5.41) is 7.69. The van der Waals surface area contributed by atoms with Gasteiger partial charge in [0.1, 0.15) is 5.75 Å². The van der Waals surface area contributed by atoms with Crippen LogP contribution in [0.1, 0.15) is 52.4 Å². The molecule has 3 aliphatic rings. The van der Waals surface area contributed by atoms with Crippen molar-refractivity contribution >= 4 is 5.91 Å². The molecule has 6 rings (SSSR count). The molecule has 9 nitrogen and oxygen atoms in total. The number of amides is 1. The van der Waals surface area contributed by atoms with Gasteiger partial charge >= 0.3 is 0 Å². The van der Waals surface area contributed by atoms with E-state index < -0.39 is 0 Å². The maximum atomic E-state index is 13.1. The van der Waals surface area contributed by atoms with Gasteiger partial charge in [0.2, 0.25) is 0 Å². The van der Waals surface area contributed by atoms with Gasteiger partial charge in [-0.25, -0.2) is 14.6 Å². The normalized spacial score (nSPS) is 17.4. The number of carbonyl (C=O) groups is 1. The molecule has 0 bridgehead atoms. The van der Waals surface area contributed by atoms with Gasteiger partial charge in [-0.1, -0.05) is 0 Å². The van der Waals surface area contributed by atoms with Gasteiger partial charge in [-0.15, -0.1) is 0 Å². The summed E-state index contributed by atoms with van der Waals surface area (Å²) < 4.78 is 12.6. The Labute approximate surface area is 210 Å². The molecule has 2 aromatic heterocycles. The molecular formula is C27H32N6O3. The number of aryl methyl sites for hydroxylation is 2. The lowest BCUT2D eigenvalue weighted by Crippen LogP contribution is -2.38. The first-order chi connectivity index (χ1) is 17.7. The van der Waals surface area contributed by atoms with Crippen molar-refractivity contribution in [1.82, 2.24) is 30.0 Å². The van der Waals surface area contributed by atoms with E-state index >= 15 is 0 Å². The zero-order chi connectivity index (χ0) is 24.5. The van der Waals surface area contributed by atoms with Crippen LogP contribution < -0.4 is 10.1 Å². The Morgan fingerprint density at radius 1 is 1.17 bits per heavy atom. The quantitative estimate of drug-likeness (QED) is 0.487. The molecule has 36 heavy (non-hydrogen) atoms. The molecule has 0 spiro atoms. The molecule has 1 aliphatic heterocycles. The molecular weight excluding hydrogens is 456 g/mol. The highest BCUT2D eigenvalue weighted by molar-refractivity contribution is 5.95. The fraction of sp³-hybridized carbons (Fsp3) is 0.481. The van der Waals surface area contributed by atoms with Crippen molar-refractivity contribution in [2.45, 2.75) is 38.0 Å². The molecule has 2 aliphatic carbocycles. The molecule has 9 heteroatoms. The number of nitrogens with zero attached hydrogens (tertiary/aromatic N) is 5. The molecule has 1 saturated heterocycles. The van der Waals surface area contributed by atoms with Crippen molar-refractivity contribution < 1.29 is 14.3 Å². The van der Waals surface area contributed by atoms with Gasteiger partial charge in [0.05, 0.1) is 43.5 Å². The summed E-state index contributed by atoms with van der Waals surface area (Å²) in [7, 11) is 1.69. The fourth-order valence-corrected chi connectivity index (χ4v) is 5.19. The summed E-state index contributed by atoms with van der Waals surface area (Å²) >= 11 is 0. The minimum Gasteiger partial charge on any atom is -0.497 e. The first-order valence-electron chi connectivity index (χ1n) is 12.9.